The lowest BCUT2D eigenvalue weighted by atomic mass is 10.1. The quantitative estimate of drug-likeness (QED) is 0.745. The van der Waals surface area contributed by atoms with Crippen LogP contribution in [0.25, 0.3) is 0 Å². The summed E-state index contributed by atoms with van der Waals surface area (Å²) in [6.07, 6.45) is 0. The normalized spacial score (nSPS) is 9.55. The lowest BCUT2D eigenvalue weighted by molar-refractivity contribution is 0.253. The van der Waals surface area contributed by atoms with Crippen molar-refractivity contribution in [2.24, 2.45) is 0 Å². The smallest absolute Gasteiger partial charge is 0.320 e. The SMILES string of the molecule is Cc1ccc(C)c(NC(=O)NCC#Cc2ccc(O)cc2)c1. The van der Waals surface area contributed by atoms with E-state index in [1.54, 1.807) is 24.3 Å². The van der Waals surface area contributed by atoms with Crippen LogP contribution in [0.5, 0.6) is 5.75 Å². The minimum atomic E-state index is -0.284. The molecule has 2 aromatic carbocycles. The Morgan fingerprint density at radius 2 is 1.86 bits per heavy atom. The fraction of sp³-hybridized carbons (Fsp3) is 0.167. The molecule has 0 heterocycles. The lowest BCUT2D eigenvalue weighted by Crippen LogP contribution is -2.29. The molecule has 0 aliphatic carbocycles. The van der Waals surface area contributed by atoms with Gasteiger partial charge in [-0.3, -0.25) is 0 Å². The number of hydrogen-bond donors (Lipinski definition) is 3. The van der Waals surface area contributed by atoms with Gasteiger partial charge in [0.25, 0.3) is 0 Å². The monoisotopic (exact) mass is 294 g/mol. The van der Waals surface area contributed by atoms with Gasteiger partial charge in [0.05, 0.1) is 6.54 Å². The minimum absolute atomic E-state index is 0.205. The van der Waals surface area contributed by atoms with Crippen LogP contribution in [0.3, 0.4) is 0 Å². The number of benzene rings is 2. The minimum Gasteiger partial charge on any atom is -0.508 e. The molecule has 0 aliphatic rings. The third-order valence-corrected chi connectivity index (χ3v) is 3.08. The molecule has 3 N–H and O–H groups in total. The highest BCUT2D eigenvalue weighted by Gasteiger charge is 2.03. The largest absolute Gasteiger partial charge is 0.508 e. The summed E-state index contributed by atoms with van der Waals surface area (Å²) in [6, 6.07) is 12.2. The van der Waals surface area contributed by atoms with E-state index in [1.165, 1.54) is 0 Å². The highest BCUT2D eigenvalue weighted by molar-refractivity contribution is 5.90. The fourth-order valence-corrected chi connectivity index (χ4v) is 1.85. The second-order valence-corrected chi connectivity index (χ2v) is 4.97. The molecule has 0 bridgehead atoms. The highest BCUT2D eigenvalue weighted by Crippen LogP contribution is 2.15. The average Bonchev–Trinajstić information content (AvgIpc) is 2.49. The van der Waals surface area contributed by atoms with Crippen LogP contribution in [0.15, 0.2) is 42.5 Å². The van der Waals surface area contributed by atoms with E-state index < -0.39 is 0 Å². The molecule has 4 nitrogen and oxygen atoms in total. The van der Waals surface area contributed by atoms with Crippen molar-refractivity contribution < 1.29 is 9.90 Å². The molecule has 112 valence electrons. The Hall–Kier alpha value is -2.93. The Bertz CT molecular complexity index is 725. The van der Waals surface area contributed by atoms with Crippen molar-refractivity contribution in [1.82, 2.24) is 5.32 Å². The van der Waals surface area contributed by atoms with Gasteiger partial charge in [0, 0.05) is 11.3 Å². The third-order valence-electron chi connectivity index (χ3n) is 3.08. The Morgan fingerprint density at radius 3 is 2.59 bits per heavy atom. The fourth-order valence-electron chi connectivity index (χ4n) is 1.85. The number of aryl methyl sites for hydroxylation is 2. The van der Waals surface area contributed by atoms with Gasteiger partial charge in [0.2, 0.25) is 0 Å². The maximum Gasteiger partial charge on any atom is 0.320 e. The van der Waals surface area contributed by atoms with E-state index in [4.69, 9.17) is 5.11 Å². The molecular weight excluding hydrogens is 276 g/mol. The van der Waals surface area contributed by atoms with Gasteiger partial charge in [-0.15, -0.1) is 0 Å². The number of aromatic hydroxyl groups is 1. The van der Waals surface area contributed by atoms with Crippen molar-refractivity contribution in [1.29, 1.82) is 0 Å². The predicted molar refractivity (Wildman–Crippen MR) is 87.9 cm³/mol. The number of phenols is 1. The molecule has 22 heavy (non-hydrogen) atoms. The summed E-state index contributed by atoms with van der Waals surface area (Å²) in [7, 11) is 0. The predicted octanol–water partition coefficient (Wildman–Crippen LogP) is 3.18. The molecule has 0 radical (unpaired) electrons. The molecule has 0 aliphatic heterocycles. The Balaban J connectivity index is 1.86. The number of phenolic OH excluding ortho intramolecular Hbond substituents is 1. The zero-order valence-corrected chi connectivity index (χ0v) is 12.6. The van der Waals surface area contributed by atoms with Crippen LogP contribution in [0.1, 0.15) is 16.7 Å². The molecule has 0 unspecified atom stereocenters. The number of hydrogen-bond acceptors (Lipinski definition) is 2. The van der Waals surface area contributed by atoms with Gasteiger partial charge in [0.15, 0.2) is 0 Å². The van der Waals surface area contributed by atoms with Crippen molar-refractivity contribution in [3.63, 3.8) is 0 Å². The molecule has 2 aromatic rings. The molecule has 2 rings (SSSR count). The number of carbonyl (C=O) groups excluding carboxylic acids is 1. The number of rotatable bonds is 2. The van der Waals surface area contributed by atoms with Crippen LogP contribution in [0.4, 0.5) is 10.5 Å². The first kappa shape index (κ1) is 15.5. The summed E-state index contributed by atoms with van der Waals surface area (Å²) in [6.45, 7) is 4.17. The second kappa shape index (κ2) is 7.19. The molecule has 0 spiro atoms. The first-order valence-corrected chi connectivity index (χ1v) is 6.94. The summed E-state index contributed by atoms with van der Waals surface area (Å²) < 4.78 is 0. The van der Waals surface area contributed by atoms with Crippen molar-refractivity contribution in [3.05, 3.63) is 59.2 Å². The molecular formula is C18H18N2O2. The summed E-state index contributed by atoms with van der Waals surface area (Å²) >= 11 is 0. The maximum absolute atomic E-state index is 11.8. The van der Waals surface area contributed by atoms with Gasteiger partial charge in [-0.2, -0.15) is 0 Å². The molecule has 0 saturated carbocycles. The Kier molecular flexibility index (Phi) is 5.05. The Morgan fingerprint density at radius 1 is 1.14 bits per heavy atom. The van der Waals surface area contributed by atoms with E-state index >= 15 is 0 Å². The Labute approximate surface area is 130 Å². The molecule has 0 aromatic heterocycles. The van der Waals surface area contributed by atoms with Crippen molar-refractivity contribution >= 4 is 11.7 Å². The van der Waals surface area contributed by atoms with E-state index in [0.29, 0.717) is 0 Å². The van der Waals surface area contributed by atoms with Crippen LogP contribution in [-0.4, -0.2) is 17.7 Å². The van der Waals surface area contributed by atoms with Crippen LogP contribution in [0.2, 0.25) is 0 Å². The molecule has 2 amide bonds. The van der Waals surface area contributed by atoms with E-state index in [1.807, 2.05) is 32.0 Å². The number of carbonyl (C=O) groups is 1. The van der Waals surface area contributed by atoms with E-state index in [-0.39, 0.29) is 18.3 Å². The van der Waals surface area contributed by atoms with Crippen LogP contribution >= 0.6 is 0 Å². The number of nitrogens with one attached hydrogen (secondary N) is 2. The average molecular weight is 294 g/mol. The molecule has 4 heteroatoms. The highest BCUT2D eigenvalue weighted by atomic mass is 16.3. The van der Waals surface area contributed by atoms with Gasteiger partial charge in [-0.05, 0) is 55.3 Å². The summed E-state index contributed by atoms with van der Waals surface area (Å²) in [5.74, 6) is 5.97. The van der Waals surface area contributed by atoms with Crippen LogP contribution < -0.4 is 10.6 Å². The molecule has 0 atom stereocenters. The summed E-state index contributed by atoms with van der Waals surface area (Å²) in [5.41, 5.74) is 3.68. The van der Waals surface area contributed by atoms with Crippen molar-refractivity contribution in [2.45, 2.75) is 13.8 Å². The van der Waals surface area contributed by atoms with Crippen molar-refractivity contribution in [2.75, 3.05) is 11.9 Å². The van der Waals surface area contributed by atoms with Crippen LogP contribution in [0, 0.1) is 25.7 Å². The number of amides is 2. The van der Waals surface area contributed by atoms with Gasteiger partial charge in [0.1, 0.15) is 5.75 Å². The van der Waals surface area contributed by atoms with Gasteiger partial charge in [-0.25, -0.2) is 4.79 Å². The maximum atomic E-state index is 11.8. The van der Waals surface area contributed by atoms with Crippen molar-refractivity contribution in [3.8, 4) is 17.6 Å². The molecule has 0 saturated heterocycles. The number of urea groups is 1. The molecule has 0 fully saturated rings. The first-order chi connectivity index (χ1) is 10.5. The van der Waals surface area contributed by atoms with Gasteiger partial charge < -0.3 is 15.7 Å². The zero-order valence-electron chi connectivity index (χ0n) is 12.6. The lowest BCUT2D eigenvalue weighted by Gasteiger charge is -2.09. The standard InChI is InChI=1S/C18H18N2O2/c1-13-5-6-14(2)17(12-13)20-18(22)19-11-3-4-15-7-9-16(21)10-8-15/h5-10,12,21H,11H2,1-2H3,(H2,19,20,22). The summed E-state index contributed by atoms with van der Waals surface area (Å²) in [4.78, 5) is 11.8. The number of anilines is 1. The van der Waals surface area contributed by atoms with Gasteiger partial charge >= 0.3 is 6.03 Å². The van der Waals surface area contributed by atoms with Gasteiger partial charge in [-0.1, -0.05) is 24.0 Å². The van der Waals surface area contributed by atoms with E-state index in [2.05, 4.69) is 22.5 Å². The summed E-state index contributed by atoms with van der Waals surface area (Å²) in [5, 5.41) is 14.7. The van der Waals surface area contributed by atoms with Crippen LogP contribution in [-0.2, 0) is 0 Å². The first-order valence-electron chi connectivity index (χ1n) is 6.94. The van der Waals surface area contributed by atoms with E-state index in [0.717, 1.165) is 22.4 Å². The third kappa shape index (κ3) is 4.57. The zero-order chi connectivity index (χ0) is 15.9. The van der Waals surface area contributed by atoms with E-state index in [9.17, 15) is 4.79 Å². The topological polar surface area (TPSA) is 61.4 Å². The second-order valence-electron chi connectivity index (χ2n) is 4.97.